The second kappa shape index (κ2) is 13.4. The van der Waals surface area contributed by atoms with Crippen molar-refractivity contribution in [2.24, 2.45) is 0 Å². The first kappa shape index (κ1) is 33.3. The summed E-state index contributed by atoms with van der Waals surface area (Å²) in [7, 11) is 0. The molecule has 1 aromatic heterocycles. The molecule has 5 rings (SSSR count). The van der Waals surface area contributed by atoms with E-state index in [1.165, 1.54) is 24.3 Å². The SMILES string of the molecule is CC(=O)O[C@H]1[C@H](Oc2c(-c3ccc(O)cc3)oc3cc(O[C@@H]4O[C@H](CO)[C@@H](O)[C@H](O)[C@H]4O)cc(O)c3c2=O)O[C@H](CO)[C@@H](O)[C@@H]1O. The molecular formula is C29H32O17. The van der Waals surface area contributed by atoms with Gasteiger partial charge in [0, 0.05) is 24.6 Å². The van der Waals surface area contributed by atoms with Gasteiger partial charge in [-0.25, -0.2) is 0 Å². The number of rotatable bonds is 8. The molecule has 0 bridgehead atoms. The molecule has 0 unspecified atom stereocenters. The zero-order valence-corrected chi connectivity index (χ0v) is 23.9. The highest BCUT2D eigenvalue weighted by atomic mass is 16.7. The van der Waals surface area contributed by atoms with E-state index in [4.69, 9.17) is 28.1 Å². The Balaban J connectivity index is 1.60. The van der Waals surface area contributed by atoms with Gasteiger partial charge in [0.15, 0.2) is 11.9 Å². The molecule has 2 fully saturated rings. The van der Waals surface area contributed by atoms with Crippen LogP contribution in [0.5, 0.6) is 23.0 Å². The van der Waals surface area contributed by atoms with Gasteiger partial charge in [-0.1, -0.05) is 0 Å². The smallest absolute Gasteiger partial charge is 0.303 e. The third-order valence-electron chi connectivity index (χ3n) is 7.50. The van der Waals surface area contributed by atoms with Crippen LogP contribution < -0.4 is 14.9 Å². The van der Waals surface area contributed by atoms with Crippen LogP contribution in [0.2, 0.25) is 0 Å². The van der Waals surface area contributed by atoms with Crippen LogP contribution in [0.3, 0.4) is 0 Å². The van der Waals surface area contributed by atoms with Gasteiger partial charge in [0.05, 0.1) is 13.2 Å². The Hall–Kier alpha value is -4.04. The van der Waals surface area contributed by atoms with Gasteiger partial charge in [0.1, 0.15) is 70.9 Å². The van der Waals surface area contributed by atoms with Gasteiger partial charge < -0.3 is 74.1 Å². The predicted octanol–water partition coefficient (Wildman–Crippen LogP) is -2.20. The molecular weight excluding hydrogens is 620 g/mol. The molecule has 17 nitrogen and oxygen atoms in total. The van der Waals surface area contributed by atoms with Gasteiger partial charge >= 0.3 is 5.97 Å². The molecule has 0 aliphatic carbocycles. The molecule has 3 aromatic rings. The summed E-state index contributed by atoms with van der Waals surface area (Å²) in [6, 6.07) is 7.31. The first-order valence-corrected chi connectivity index (χ1v) is 13.9. The van der Waals surface area contributed by atoms with E-state index in [2.05, 4.69) is 0 Å². The highest BCUT2D eigenvalue weighted by Gasteiger charge is 2.48. The minimum Gasteiger partial charge on any atom is -0.508 e. The Morgan fingerprint density at radius 3 is 2.02 bits per heavy atom. The van der Waals surface area contributed by atoms with Gasteiger partial charge in [0.2, 0.25) is 23.8 Å². The minimum absolute atomic E-state index is 0.143. The molecule has 17 heteroatoms. The maximum atomic E-state index is 13.9. The Kier molecular flexibility index (Phi) is 9.68. The van der Waals surface area contributed by atoms with Crippen molar-refractivity contribution in [3.8, 4) is 34.3 Å². The summed E-state index contributed by atoms with van der Waals surface area (Å²) in [5.74, 6) is -2.94. The van der Waals surface area contributed by atoms with Crippen molar-refractivity contribution in [2.75, 3.05) is 13.2 Å². The quantitative estimate of drug-likeness (QED) is 0.117. The lowest BCUT2D eigenvalue weighted by atomic mass is 9.99. The van der Waals surface area contributed by atoms with Crippen molar-refractivity contribution in [1.82, 2.24) is 0 Å². The fraction of sp³-hybridized carbons (Fsp3) is 0.448. The van der Waals surface area contributed by atoms with E-state index in [1.54, 1.807) is 0 Å². The summed E-state index contributed by atoms with van der Waals surface area (Å²) in [5.41, 5.74) is -1.16. The molecule has 3 heterocycles. The number of aliphatic hydroxyl groups is 7. The predicted molar refractivity (Wildman–Crippen MR) is 150 cm³/mol. The highest BCUT2D eigenvalue weighted by molar-refractivity contribution is 5.88. The zero-order chi connectivity index (χ0) is 33.4. The molecule has 0 amide bonds. The molecule has 2 saturated heterocycles. The fourth-order valence-electron chi connectivity index (χ4n) is 5.12. The van der Waals surface area contributed by atoms with Crippen LogP contribution >= 0.6 is 0 Å². The summed E-state index contributed by atoms with van der Waals surface area (Å²) in [5, 5.41) is 90.8. The maximum absolute atomic E-state index is 13.9. The van der Waals surface area contributed by atoms with E-state index in [0.717, 1.165) is 19.1 Å². The summed E-state index contributed by atoms with van der Waals surface area (Å²) < 4.78 is 33.3. The number of carbonyl (C=O) groups excluding carboxylic acids is 1. The topological polar surface area (TPSA) is 275 Å². The van der Waals surface area contributed by atoms with E-state index in [0.29, 0.717) is 0 Å². The fourth-order valence-corrected chi connectivity index (χ4v) is 5.12. The van der Waals surface area contributed by atoms with Crippen molar-refractivity contribution in [3.05, 3.63) is 46.6 Å². The summed E-state index contributed by atoms with van der Waals surface area (Å²) in [6.07, 6.45) is -16.6. The van der Waals surface area contributed by atoms with Crippen LogP contribution in [-0.2, 0) is 19.0 Å². The van der Waals surface area contributed by atoms with Gasteiger partial charge in [-0.05, 0) is 24.3 Å². The summed E-state index contributed by atoms with van der Waals surface area (Å²) >= 11 is 0. The van der Waals surface area contributed by atoms with Crippen LogP contribution in [0.1, 0.15) is 6.92 Å². The zero-order valence-electron chi connectivity index (χ0n) is 23.9. The first-order chi connectivity index (χ1) is 21.8. The highest BCUT2D eigenvalue weighted by Crippen LogP contribution is 2.38. The van der Waals surface area contributed by atoms with Crippen molar-refractivity contribution >= 4 is 16.9 Å². The number of hydrogen-bond donors (Lipinski definition) is 9. The number of fused-ring (bicyclic) bond motifs is 1. The van der Waals surface area contributed by atoms with Crippen LogP contribution in [0.15, 0.2) is 45.6 Å². The molecule has 2 aliphatic rings. The van der Waals surface area contributed by atoms with Crippen LogP contribution in [-0.4, -0.2) is 127 Å². The van der Waals surface area contributed by atoms with Crippen molar-refractivity contribution < 1.29 is 78.9 Å². The van der Waals surface area contributed by atoms with E-state index >= 15 is 0 Å². The molecule has 9 N–H and O–H groups in total. The lowest BCUT2D eigenvalue weighted by Crippen LogP contribution is -2.61. The standard InChI is InChI=1S/C29H32O17/c1-10(32)41-27-23(39)20(36)17(9-31)45-29(27)46-26-21(37)18-14(34)6-13(42-28-24(40)22(38)19(35)16(8-30)44-28)7-15(18)43-25(26)11-2-4-12(33)5-3-11/h2-7,16-17,19-20,22-24,27-31,33-36,38-40H,8-9H2,1H3/t16-,17-,19-,20-,22+,23+,24-,27-,28-,29+/m1/s1. The van der Waals surface area contributed by atoms with Gasteiger partial charge in [-0.15, -0.1) is 0 Å². The number of phenolic OH excluding ortho intramolecular Hbond substituents is 2. The number of benzene rings is 2. The van der Waals surface area contributed by atoms with Crippen LogP contribution in [0.25, 0.3) is 22.3 Å². The molecule has 0 spiro atoms. The average molecular weight is 653 g/mol. The Labute approximate surface area is 258 Å². The normalized spacial score (nSPS) is 31.4. The number of aromatic hydroxyl groups is 2. The number of ether oxygens (including phenoxy) is 5. The monoisotopic (exact) mass is 652 g/mol. The van der Waals surface area contributed by atoms with Crippen molar-refractivity contribution in [1.29, 1.82) is 0 Å². The Morgan fingerprint density at radius 2 is 1.41 bits per heavy atom. The van der Waals surface area contributed by atoms with E-state index < -0.39 is 103 Å². The van der Waals surface area contributed by atoms with Gasteiger partial charge in [-0.2, -0.15) is 0 Å². The number of aliphatic hydroxyl groups excluding tert-OH is 7. The molecule has 46 heavy (non-hydrogen) atoms. The van der Waals surface area contributed by atoms with Crippen molar-refractivity contribution in [2.45, 2.75) is 68.3 Å². The molecule has 250 valence electrons. The van der Waals surface area contributed by atoms with Gasteiger partial charge in [0.25, 0.3) is 0 Å². The third-order valence-corrected chi connectivity index (χ3v) is 7.50. The van der Waals surface area contributed by atoms with Gasteiger partial charge in [-0.3, -0.25) is 9.59 Å². The summed E-state index contributed by atoms with van der Waals surface area (Å²) in [4.78, 5) is 25.7. The van der Waals surface area contributed by atoms with Crippen molar-refractivity contribution in [3.63, 3.8) is 0 Å². The van der Waals surface area contributed by atoms with Crippen LogP contribution in [0, 0.1) is 0 Å². The number of hydrogen-bond acceptors (Lipinski definition) is 17. The largest absolute Gasteiger partial charge is 0.508 e. The molecule has 2 aromatic carbocycles. The minimum atomic E-state index is -1.82. The van der Waals surface area contributed by atoms with E-state index in [9.17, 15) is 55.5 Å². The maximum Gasteiger partial charge on any atom is 0.303 e. The lowest BCUT2D eigenvalue weighted by molar-refractivity contribution is -0.282. The Morgan fingerprint density at radius 1 is 0.804 bits per heavy atom. The molecule has 0 radical (unpaired) electrons. The third kappa shape index (κ3) is 6.32. The second-order valence-corrected chi connectivity index (χ2v) is 10.7. The lowest BCUT2D eigenvalue weighted by Gasteiger charge is -2.41. The van der Waals surface area contributed by atoms with E-state index in [-0.39, 0.29) is 28.4 Å². The molecule has 10 atom stereocenters. The van der Waals surface area contributed by atoms with Crippen LogP contribution in [0.4, 0.5) is 0 Å². The first-order valence-electron chi connectivity index (χ1n) is 13.9. The Bertz CT molecular complexity index is 1600. The second-order valence-electron chi connectivity index (χ2n) is 10.7. The number of esters is 1. The van der Waals surface area contributed by atoms with E-state index in [1.807, 2.05) is 0 Å². The average Bonchev–Trinajstić information content (AvgIpc) is 3.02. The molecule has 0 saturated carbocycles. The molecule has 2 aliphatic heterocycles. The number of carbonyl (C=O) groups is 1. The number of phenols is 2. The summed E-state index contributed by atoms with van der Waals surface area (Å²) in [6.45, 7) is -0.498.